The number of alkyl halides is 2. The molecule has 1 rings (SSSR count). The van der Waals surface area contributed by atoms with Gasteiger partial charge in [0, 0.05) is 0 Å². The minimum Gasteiger partial charge on any atom is -0.225 e. The zero-order chi connectivity index (χ0) is 14.0. The first-order valence-electron chi connectivity index (χ1n) is 4.54. The lowest BCUT2D eigenvalue weighted by Gasteiger charge is -2.09. The minimum absolute atomic E-state index is 0.647. The summed E-state index contributed by atoms with van der Waals surface area (Å²) in [6.07, 6.45) is -2.89. The highest BCUT2D eigenvalue weighted by Gasteiger charge is 2.24. The number of nitrogens with two attached hydrogens (primary N) is 1. The van der Waals surface area contributed by atoms with Crippen LogP contribution in [0.15, 0.2) is 34.1 Å². The van der Waals surface area contributed by atoms with Crippen LogP contribution in [0.3, 0.4) is 0 Å². The summed E-state index contributed by atoms with van der Waals surface area (Å²) in [4.78, 5) is -1.31. The number of hydrogen-bond acceptors (Lipinski definition) is 4. The van der Waals surface area contributed by atoms with Crippen LogP contribution in [0.5, 0.6) is 0 Å². The lowest BCUT2D eigenvalue weighted by atomic mass is 10.4. The van der Waals surface area contributed by atoms with Crippen molar-refractivity contribution in [3.63, 3.8) is 0 Å². The number of primary sulfonamides is 1. The van der Waals surface area contributed by atoms with E-state index in [1.807, 2.05) is 0 Å². The summed E-state index contributed by atoms with van der Waals surface area (Å²) in [6, 6.07) is 4.47. The summed E-state index contributed by atoms with van der Waals surface area (Å²) in [5, 5.41) is 4.84. The van der Waals surface area contributed by atoms with Crippen LogP contribution < -0.4 is 9.86 Å². The summed E-state index contributed by atoms with van der Waals surface area (Å²) in [5.41, 5.74) is 0. The summed E-state index contributed by atoms with van der Waals surface area (Å²) in [7, 11) is -8.62. The number of benzene rings is 1. The maximum Gasteiger partial charge on any atom is 0.251 e. The summed E-state index contributed by atoms with van der Waals surface area (Å²) in [6.45, 7) is -1.11. The monoisotopic (exact) mass is 300 g/mol. The number of sulfonamides is 2. The molecule has 0 saturated carbocycles. The predicted molar refractivity (Wildman–Crippen MR) is 59.0 cm³/mol. The highest BCUT2D eigenvalue weighted by atomic mass is 32.2. The van der Waals surface area contributed by atoms with Gasteiger partial charge in [0.1, 0.15) is 9.79 Å². The number of nitrogens with one attached hydrogen (secondary N) is 1. The normalized spacial score (nSPS) is 12.9. The smallest absolute Gasteiger partial charge is 0.225 e. The molecule has 102 valence electrons. The van der Waals surface area contributed by atoms with Crippen molar-refractivity contribution in [1.82, 2.24) is 4.72 Å². The fourth-order valence-corrected chi connectivity index (χ4v) is 3.54. The first-order valence-corrected chi connectivity index (χ1v) is 7.57. The Morgan fingerprint density at radius 3 is 2.06 bits per heavy atom. The largest absolute Gasteiger partial charge is 0.251 e. The minimum atomic E-state index is -4.36. The van der Waals surface area contributed by atoms with Crippen molar-refractivity contribution in [2.75, 3.05) is 6.54 Å². The molecule has 0 aromatic heterocycles. The number of rotatable bonds is 5. The second-order valence-electron chi connectivity index (χ2n) is 3.23. The Morgan fingerprint density at radius 1 is 1.11 bits per heavy atom. The van der Waals surface area contributed by atoms with Crippen molar-refractivity contribution >= 4 is 20.0 Å². The van der Waals surface area contributed by atoms with Crippen molar-refractivity contribution < 1.29 is 25.6 Å². The topological polar surface area (TPSA) is 106 Å². The number of hydrogen-bond donors (Lipinski definition) is 2. The summed E-state index contributed by atoms with van der Waals surface area (Å²) in [5.74, 6) is 0. The van der Waals surface area contributed by atoms with E-state index in [-0.39, 0.29) is 0 Å². The summed E-state index contributed by atoms with van der Waals surface area (Å²) >= 11 is 0. The third-order valence-electron chi connectivity index (χ3n) is 1.87. The van der Waals surface area contributed by atoms with Crippen LogP contribution in [0.1, 0.15) is 0 Å². The molecule has 18 heavy (non-hydrogen) atoms. The molecule has 0 aliphatic carbocycles. The Morgan fingerprint density at radius 2 is 1.61 bits per heavy atom. The third-order valence-corrected chi connectivity index (χ3v) is 4.45. The van der Waals surface area contributed by atoms with E-state index in [1.165, 1.54) is 12.1 Å². The molecular weight excluding hydrogens is 290 g/mol. The highest BCUT2D eigenvalue weighted by Crippen LogP contribution is 2.19. The quantitative estimate of drug-likeness (QED) is 0.790. The van der Waals surface area contributed by atoms with Crippen LogP contribution >= 0.6 is 0 Å². The van der Waals surface area contributed by atoms with E-state index in [0.717, 1.165) is 12.1 Å². The Balaban J connectivity index is 3.26. The maximum absolute atomic E-state index is 11.9. The second kappa shape index (κ2) is 5.26. The molecule has 1 aromatic carbocycles. The molecule has 0 radical (unpaired) electrons. The molecule has 0 amide bonds. The molecule has 6 nitrogen and oxygen atoms in total. The summed E-state index contributed by atoms with van der Waals surface area (Å²) < 4.78 is 71.1. The maximum atomic E-state index is 11.9. The van der Waals surface area contributed by atoms with E-state index in [9.17, 15) is 25.6 Å². The Kier molecular flexibility index (Phi) is 4.37. The Bertz CT molecular complexity index is 628. The standard InChI is InChI=1S/C8H10F2N2O4S2/c9-8(10)5-12-18(15,16)7-4-2-1-3-6(7)17(11,13)14/h1-4,8,12H,5H2,(H2,11,13,14). The van der Waals surface area contributed by atoms with Crippen LogP contribution in [0, 0.1) is 0 Å². The van der Waals surface area contributed by atoms with Gasteiger partial charge in [0.15, 0.2) is 0 Å². The van der Waals surface area contributed by atoms with E-state index >= 15 is 0 Å². The molecule has 0 aliphatic heterocycles. The first kappa shape index (κ1) is 15.0. The van der Waals surface area contributed by atoms with Crippen molar-refractivity contribution in [2.45, 2.75) is 16.2 Å². The Labute approximate surface area is 103 Å². The van der Waals surface area contributed by atoms with Gasteiger partial charge < -0.3 is 0 Å². The average Bonchev–Trinajstić information content (AvgIpc) is 2.25. The van der Waals surface area contributed by atoms with Gasteiger partial charge in [0.05, 0.1) is 6.54 Å². The molecule has 0 atom stereocenters. The molecule has 0 unspecified atom stereocenters. The van der Waals surface area contributed by atoms with Gasteiger partial charge in [-0.05, 0) is 12.1 Å². The zero-order valence-corrected chi connectivity index (χ0v) is 10.5. The van der Waals surface area contributed by atoms with Crippen LogP contribution in [0.2, 0.25) is 0 Å². The lowest BCUT2D eigenvalue weighted by Crippen LogP contribution is -2.30. The van der Waals surface area contributed by atoms with Gasteiger partial charge in [-0.25, -0.2) is 35.5 Å². The molecule has 1 aromatic rings. The van der Waals surface area contributed by atoms with Gasteiger partial charge in [-0.3, -0.25) is 0 Å². The van der Waals surface area contributed by atoms with E-state index in [2.05, 4.69) is 0 Å². The van der Waals surface area contributed by atoms with Gasteiger partial charge in [-0.2, -0.15) is 0 Å². The van der Waals surface area contributed by atoms with Crippen molar-refractivity contribution in [2.24, 2.45) is 5.14 Å². The van der Waals surface area contributed by atoms with Gasteiger partial charge in [0.2, 0.25) is 20.0 Å². The fraction of sp³-hybridized carbons (Fsp3) is 0.250. The molecule has 0 saturated heterocycles. The van der Waals surface area contributed by atoms with Crippen molar-refractivity contribution in [3.05, 3.63) is 24.3 Å². The predicted octanol–water partition coefficient (Wildman–Crippen LogP) is -0.123. The molecule has 0 heterocycles. The zero-order valence-electron chi connectivity index (χ0n) is 8.88. The molecule has 10 heteroatoms. The first-order chi connectivity index (χ1) is 8.14. The highest BCUT2D eigenvalue weighted by molar-refractivity contribution is 7.92. The van der Waals surface area contributed by atoms with E-state index in [1.54, 1.807) is 4.72 Å². The van der Waals surface area contributed by atoms with Crippen molar-refractivity contribution in [3.8, 4) is 0 Å². The molecule has 0 bridgehead atoms. The van der Waals surface area contributed by atoms with Crippen LogP contribution in [0.25, 0.3) is 0 Å². The van der Waals surface area contributed by atoms with E-state index in [4.69, 9.17) is 5.14 Å². The van der Waals surface area contributed by atoms with Gasteiger partial charge in [-0.1, -0.05) is 12.1 Å². The molecule has 3 N–H and O–H groups in total. The third kappa shape index (κ3) is 3.70. The van der Waals surface area contributed by atoms with Gasteiger partial charge >= 0.3 is 0 Å². The van der Waals surface area contributed by atoms with Gasteiger partial charge in [-0.15, -0.1) is 0 Å². The van der Waals surface area contributed by atoms with E-state index in [0.29, 0.717) is 0 Å². The Hall–Kier alpha value is -1.10. The molecule has 0 aliphatic rings. The second-order valence-corrected chi connectivity index (χ2v) is 6.50. The SMILES string of the molecule is NS(=O)(=O)c1ccccc1S(=O)(=O)NCC(F)F. The van der Waals surface area contributed by atoms with Crippen molar-refractivity contribution in [1.29, 1.82) is 0 Å². The average molecular weight is 300 g/mol. The molecular formula is C8H10F2N2O4S2. The molecule has 0 spiro atoms. The lowest BCUT2D eigenvalue weighted by molar-refractivity contribution is 0.153. The van der Waals surface area contributed by atoms with Gasteiger partial charge in [0.25, 0.3) is 6.43 Å². The van der Waals surface area contributed by atoms with E-state index < -0.39 is 42.8 Å². The fourth-order valence-electron chi connectivity index (χ4n) is 1.16. The van der Waals surface area contributed by atoms with Crippen LogP contribution in [-0.4, -0.2) is 29.8 Å². The molecule has 0 fully saturated rings. The van der Waals surface area contributed by atoms with Crippen LogP contribution in [-0.2, 0) is 20.0 Å². The van der Waals surface area contributed by atoms with Crippen LogP contribution in [0.4, 0.5) is 8.78 Å². The number of halogens is 2.